The Morgan fingerprint density at radius 3 is 2.68 bits per heavy atom. The number of aliphatic hydroxyl groups excluding tert-OH is 1. The van der Waals surface area contributed by atoms with Crippen molar-refractivity contribution in [3.8, 4) is 0 Å². The zero-order valence-electron chi connectivity index (χ0n) is 11.4. The van der Waals surface area contributed by atoms with Gasteiger partial charge in [-0.2, -0.15) is 0 Å². The molecule has 5 nitrogen and oxygen atoms in total. The SMILES string of the molecule is O=C(NCCCC(=O)N1CCCCC1CO)C1CC1. The number of aliphatic hydroxyl groups is 1. The van der Waals surface area contributed by atoms with Crippen molar-refractivity contribution in [3.63, 3.8) is 0 Å². The van der Waals surface area contributed by atoms with E-state index in [1.54, 1.807) is 0 Å². The van der Waals surface area contributed by atoms with Gasteiger partial charge in [0.05, 0.1) is 12.6 Å². The molecule has 2 N–H and O–H groups in total. The molecule has 0 aromatic carbocycles. The number of rotatable bonds is 6. The van der Waals surface area contributed by atoms with Crippen molar-refractivity contribution in [1.82, 2.24) is 10.2 Å². The molecule has 19 heavy (non-hydrogen) atoms. The number of likely N-dealkylation sites (tertiary alicyclic amines) is 1. The molecule has 1 saturated heterocycles. The summed E-state index contributed by atoms with van der Waals surface area (Å²) in [6.07, 6.45) is 6.19. The third kappa shape index (κ3) is 4.20. The van der Waals surface area contributed by atoms with Gasteiger partial charge in [0.1, 0.15) is 0 Å². The second kappa shape index (κ2) is 6.89. The van der Waals surface area contributed by atoms with Crippen molar-refractivity contribution >= 4 is 11.8 Å². The van der Waals surface area contributed by atoms with Crippen LogP contribution in [0.2, 0.25) is 0 Å². The van der Waals surface area contributed by atoms with Crippen molar-refractivity contribution in [1.29, 1.82) is 0 Å². The summed E-state index contributed by atoms with van der Waals surface area (Å²) in [5, 5.41) is 12.1. The Morgan fingerprint density at radius 2 is 2.00 bits per heavy atom. The molecule has 0 bridgehead atoms. The normalized spacial score (nSPS) is 23.2. The molecule has 2 amide bonds. The Hall–Kier alpha value is -1.10. The van der Waals surface area contributed by atoms with E-state index in [1.807, 2.05) is 4.90 Å². The number of hydrogen-bond acceptors (Lipinski definition) is 3. The van der Waals surface area contributed by atoms with E-state index in [4.69, 9.17) is 0 Å². The maximum Gasteiger partial charge on any atom is 0.223 e. The van der Waals surface area contributed by atoms with Gasteiger partial charge in [-0.05, 0) is 38.5 Å². The molecule has 0 spiro atoms. The van der Waals surface area contributed by atoms with Crippen LogP contribution in [-0.4, -0.2) is 47.6 Å². The van der Waals surface area contributed by atoms with Crippen molar-refractivity contribution in [2.24, 2.45) is 5.92 Å². The second-order valence-electron chi connectivity index (χ2n) is 5.59. The lowest BCUT2D eigenvalue weighted by Crippen LogP contribution is -2.45. The fourth-order valence-corrected chi connectivity index (χ4v) is 2.60. The molecule has 2 rings (SSSR count). The van der Waals surface area contributed by atoms with Gasteiger partial charge in [0, 0.05) is 25.4 Å². The Balaban J connectivity index is 1.63. The number of carbonyl (C=O) groups excluding carboxylic acids is 2. The van der Waals surface area contributed by atoms with Gasteiger partial charge in [0.15, 0.2) is 0 Å². The van der Waals surface area contributed by atoms with E-state index in [-0.39, 0.29) is 30.4 Å². The minimum Gasteiger partial charge on any atom is -0.394 e. The highest BCUT2D eigenvalue weighted by Gasteiger charge is 2.29. The number of piperidine rings is 1. The van der Waals surface area contributed by atoms with E-state index in [9.17, 15) is 14.7 Å². The summed E-state index contributed by atoms with van der Waals surface area (Å²) in [6.45, 7) is 1.40. The fraction of sp³-hybridized carbons (Fsp3) is 0.857. The van der Waals surface area contributed by atoms with Crippen LogP contribution in [0.5, 0.6) is 0 Å². The summed E-state index contributed by atoms with van der Waals surface area (Å²) in [5.41, 5.74) is 0. The molecular formula is C14H24N2O3. The van der Waals surface area contributed by atoms with Crippen molar-refractivity contribution < 1.29 is 14.7 Å². The minimum atomic E-state index is 0.00213. The van der Waals surface area contributed by atoms with Crippen molar-refractivity contribution in [2.75, 3.05) is 19.7 Å². The monoisotopic (exact) mass is 268 g/mol. The Bertz CT molecular complexity index is 329. The van der Waals surface area contributed by atoms with Crippen molar-refractivity contribution in [2.45, 2.75) is 51.0 Å². The Kier molecular flexibility index (Phi) is 5.19. The van der Waals surface area contributed by atoms with Crippen LogP contribution in [0.1, 0.15) is 44.9 Å². The summed E-state index contributed by atoms with van der Waals surface area (Å²) in [5.74, 6) is 0.481. The summed E-state index contributed by atoms with van der Waals surface area (Å²) in [4.78, 5) is 25.3. The molecular weight excluding hydrogens is 244 g/mol. The van der Waals surface area contributed by atoms with Gasteiger partial charge in [-0.25, -0.2) is 0 Å². The van der Waals surface area contributed by atoms with Crippen LogP contribution < -0.4 is 5.32 Å². The lowest BCUT2D eigenvalue weighted by atomic mass is 10.0. The molecule has 0 aromatic rings. The maximum atomic E-state index is 12.1. The van der Waals surface area contributed by atoms with Crippen LogP contribution in [0.3, 0.4) is 0 Å². The lowest BCUT2D eigenvalue weighted by molar-refractivity contribution is -0.136. The molecule has 5 heteroatoms. The van der Waals surface area contributed by atoms with Gasteiger partial charge in [-0.15, -0.1) is 0 Å². The van der Waals surface area contributed by atoms with Crippen molar-refractivity contribution in [3.05, 3.63) is 0 Å². The number of carbonyl (C=O) groups is 2. The van der Waals surface area contributed by atoms with Gasteiger partial charge in [-0.3, -0.25) is 9.59 Å². The number of hydrogen-bond donors (Lipinski definition) is 2. The fourth-order valence-electron chi connectivity index (χ4n) is 2.60. The Morgan fingerprint density at radius 1 is 1.21 bits per heavy atom. The molecule has 1 atom stereocenters. The largest absolute Gasteiger partial charge is 0.394 e. The van der Waals surface area contributed by atoms with E-state index in [1.165, 1.54) is 0 Å². The summed E-state index contributed by atoms with van der Waals surface area (Å²) >= 11 is 0. The molecule has 0 radical (unpaired) electrons. The smallest absolute Gasteiger partial charge is 0.223 e. The van der Waals surface area contributed by atoms with E-state index in [2.05, 4.69) is 5.32 Å². The van der Waals surface area contributed by atoms with Crippen LogP contribution in [-0.2, 0) is 9.59 Å². The number of nitrogens with zero attached hydrogens (tertiary/aromatic N) is 1. The molecule has 0 aromatic heterocycles. The second-order valence-corrected chi connectivity index (χ2v) is 5.59. The van der Waals surface area contributed by atoms with Gasteiger partial charge in [-0.1, -0.05) is 0 Å². The Labute approximate surface area is 114 Å². The molecule has 108 valence electrons. The van der Waals surface area contributed by atoms with Crippen LogP contribution in [0.25, 0.3) is 0 Å². The third-order valence-electron chi connectivity index (χ3n) is 3.97. The molecule has 1 heterocycles. The highest BCUT2D eigenvalue weighted by molar-refractivity contribution is 5.81. The topological polar surface area (TPSA) is 69.6 Å². The first-order valence-corrected chi connectivity index (χ1v) is 7.40. The van der Waals surface area contributed by atoms with E-state index >= 15 is 0 Å². The summed E-state index contributed by atoms with van der Waals surface area (Å²) in [7, 11) is 0. The van der Waals surface area contributed by atoms with Gasteiger partial charge < -0.3 is 15.3 Å². The summed E-state index contributed by atoms with van der Waals surface area (Å²) < 4.78 is 0. The molecule has 1 unspecified atom stereocenters. The minimum absolute atomic E-state index is 0.00213. The zero-order valence-corrected chi connectivity index (χ0v) is 11.4. The van der Waals surface area contributed by atoms with Gasteiger partial charge >= 0.3 is 0 Å². The predicted molar refractivity (Wildman–Crippen MR) is 71.4 cm³/mol. The molecule has 1 saturated carbocycles. The molecule has 2 fully saturated rings. The summed E-state index contributed by atoms with van der Waals surface area (Å²) in [6, 6.07) is 0.00213. The quantitative estimate of drug-likeness (QED) is 0.696. The standard InChI is InChI=1S/C14H24N2O3/c17-10-12-4-1-2-9-16(12)13(18)5-3-8-15-14(19)11-6-7-11/h11-12,17H,1-10H2,(H,15,19). The molecule has 1 aliphatic heterocycles. The van der Waals surface area contributed by atoms with E-state index in [0.717, 1.165) is 38.6 Å². The van der Waals surface area contributed by atoms with Gasteiger partial charge in [0.2, 0.25) is 11.8 Å². The first-order chi connectivity index (χ1) is 9.22. The first kappa shape index (κ1) is 14.3. The van der Waals surface area contributed by atoms with E-state index in [0.29, 0.717) is 19.4 Å². The van der Waals surface area contributed by atoms with E-state index < -0.39 is 0 Å². The predicted octanol–water partition coefficient (Wildman–Crippen LogP) is 0.666. The number of amides is 2. The third-order valence-corrected chi connectivity index (χ3v) is 3.97. The zero-order chi connectivity index (χ0) is 13.7. The van der Waals surface area contributed by atoms with Crippen LogP contribution in [0.15, 0.2) is 0 Å². The highest BCUT2D eigenvalue weighted by Crippen LogP contribution is 2.28. The molecule has 2 aliphatic rings. The highest BCUT2D eigenvalue weighted by atomic mass is 16.3. The van der Waals surface area contributed by atoms with Crippen LogP contribution in [0, 0.1) is 5.92 Å². The van der Waals surface area contributed by atoms with Gasteiger partial charge in [0.25, 0.3) is 0 Å². The number of nitrogens with one attached hydrogen (secondary N) is 1. The maximum absolute atomic E-state index is 12.1. The van der Waals surface area contributed by atoms with Crippen LogP contribution in [0.4, 0.5) is 0 Å². The average Bonchev–Trinajstić information content (AvgIpc) is 3.27. The first-order valence-electron chi connectivity index (χ1n) is 7.40. The van der Waals surface area contributed by atoms with Crippen LogP contribution >= 0.6 is 0 Å². The average molecular weight is 268 g/mol. The molecule has 1 aliphatic carbocycles. The lowest BCUT2D eigenvalue weighted by Gasteiger charge is -2.34.